The topological polar surface area (TPSA) is 43.7 Å². The second-order valence-electron chi connectivity index (χ2n) is 4.03. The minimum atomic E-state index is -0.679. The molecule has 1 aromatic carbocycles. The van der Waals surface area contributed by atoms with E-state index in [-0.39, 0.29) is 0 Å². The Kier molecular flexibility index (Phi) is 3.72. The Morgan fingerprint density at radius 1 is 1.12 bits per heavy atom. The van der Waals surface area contributed by atoms with Crippen LogP contribution in [-0.2, 0) is 6.54 Å². The quantitative estimate of drug-likeness (QED) is 0.849. The molecule has 0 bridgehead atoms. The van der Waals surface area contributed by atoms with Crippen molar-refractivity contribution in [2.75, 3.05) is 13.1 Å². The summed E-state index contributed by atoms with van der Waals surface area (Å²) in [6.07, 6.45) is -1.36. The molecule has 0 spiro atoms. The molecule has 1 aliphatic rings. The van der Waals surface area contributed by atoms with Crippen LogP contribution in [0.15, 0.2) is 18.2 Å². The molecule has 2 rings (SSSR count). The van der Waals surface area contributed by atoms with Gasteiger partial charge in [0.05, 0.1) is 12.2 Å². The van der Waals surface area contributed by atoms with Crippen molar-refractivity contribution in [2.45, 2.75) is 18.8 Å². The maximum absolute atomic E-state index is 9.43. The van der Waals surface area contributed by atoms with E-state index in [9.17, 15) is 10.2 Å². The number of nitrogens with zero attached hydrogens (tertiary/aromatic N) is 1. The fourth-order valence-electron chi connectivity index (χ4n) is 1.88. The second kappa shape index (κ2) is 4.90. The molecule has 16 heavy (non-hydrogen) atoms. The predicted octanol–water partition coefficient (Wildman–Crippen LogP) is 1.53. The van der Waals surface area contributed by atoms with E-state index in [0.717, 1.165) is 5.56 Å². The number of rotatable bonds is 2. The number of aliphatic hydroxyl groups excluding tert-OH is 2. The smallest absolute Gasteiger partial charge is 0.0938 e. The molecule has 0 aliphatic carbocycles. The summed E-state index contributed by atoms with van der Waals surface area (Å²) in [4.78, 5) is 1.93. The molecule has 5 heteroatoms. The number of β-amino-alcohol motifs (C(OH)–C–C–N with tert-alkyl or cyclic N) is 2. The zero-order valence-corrected chi connectivity index (χ0v) is 10.1. The van der Waals surface area contributed by atoms with Gasteiger partial charge in [-0.25, -0.2) is 0 Å². The number of hydrogen-bond donors (Lipinski definition) is 2. The van der Waals surface area contributed by atoms with E-state index in [0.29, 0.717) is 29.7 Å². The van der Waals surface area contributed by atoms with Crippen molar-refractivity contribution in [1.29, 1.82) is 0 Å². The summed E-state index contributed by atoms with van der Waals surface area (Å²) in [6, 6.07) is 5.36. The third-order valence-electron chi connectivity index (χ3n) is 2.78. The van der Waals surface area contributed by atoms with E-state index in [2.05, 4.69) is 0 Å². The lowest BCUT2D eigenvalue weighted by Crippen LogP contribution is -2.22. The Morgan fingerprint density at radius 3 is 2.12 bits per heavy atom. The molecule has 3 nitrogen and oxygen atoms in total. The molecule has 1 heterocycles. The molecular weight excluding hydrogens is 249 g/mol. The lowest BCUT2D eigenvalue weighted by molar-refractivity contribution is 0.0572. The minimum Gasteiger partial charge on any atom is -0.389 e. The van der Waals surface area contributed by atoms with Crippen LogP contribution in [0.1, 0.15) is 5.56 Å². The Morgan fingerprint density at radius 2 is 1.62 bits per heavy atom. The van der Waals surface area contributed by atoms with Crippen LogP contribution in [0, 0.1) is 0 Å². The van der Waals surface area contributed by atoms with Crippen molar-refractivity contribution in [3.05, 3.63) is 33.8 Å². The summed E-state index contributed by atoms with van der Waals surface area (Å²) in [5.41, 5.74) is 0.840. The summed E-state index contributed by atoms with van der Waals surface area (Å²) < 4.78 is 0. The van der Waals surface area contributed by atoms with Crippen LogP contribution >= 0.6 is 23.2 Å². The molecule has 1 aromatic rings. The Hall–Kier alpha value is -0.320. The van der Waals surface area contributed by atoms with Gasteiger partial charge in [-0.3, -0.25) is 4.90 Å². The second-order valence-corrected chi connectivity index (χ2v) is 4.84. The van der Waals surface area contributed by atoms with Crippen LogP contribution in [0.25, 0.3) is 0 Å². The van der Waals surface area contributed by atoms with Crippen LogP contribution in [-0.4, -0.2) is 40.4 Å². The number of aliphatic hydroxyl groups is 2. The van der Waals surface area contributed by atoms with E-state index in [1.807, 2.05) is 4.90 Å². The molecule has 0 saturated carbocycles. The highest BCUT2D eigenvalue weighted by atomic mass is 35.5. The Labute approximate surface area is 104 Å². The standard InChI is InChI=1S/C11H13Cl2NO2/c12-8-2-1-3-9(13)7(8)4-14-5-10(15)11(16)6-14/h1-3,10-11,15-16H,4-6H2/t10-,11+. The summed E-state index contributed by atoms with van der Waals surface area (Å²) in [7, 11) is 0. The summed E-state index contributed by atoms with van der Waals surface area (Å²) in [5.74, 6) is 0. The summed E-state index contributed by atoms with van der Waals surface area (Å²) in [5, 5.41) is 20.1. The van der Waals surface area contributed by atoms with Crippen LogP contribution < -0.4 is 0 Å². The largest absolute Gasteiger partial charge is 0.389 e. The normalized spacial score (nSPS) is 26.2. The molecule has 88 valence electrons. The highest BCUT2D eigenvalue weighted by molar-refractivity contribution is 6.35. The number of likely N-dealkylation sites (tertiary alicyclic amines) is 1. The van der Waals surface area contributed by atoms with Gasteiger partial charge in [0, 0.05) is 35.2 Å². The van der Waals surface area contributed by atoms with E-state index in [4.69, 9.17) is 23.2 Å². The van der Waals surface area contributed by atoms with Gasteiger partial charge in [0.1, 0.15) is 0 Å². The summed E-state index contributed by atoms with van der Waals surface area (Å²) in [6.45, 7) is 1.44. The first-order valence-corrected chi connectivity index (χ1v) is 5.85. The van der Waals surface area contributed by atoms with Crippen molar-refractivity contribution < 1.29 is 10.2 Å². The van der Waals surface area contributed by atoms with Crippen molar-refractivity contribution >= 4 is 23.2 Å². The highest BCUT2D eigenvalue weighted by Gasteiger charge is 2.29. The first-order chi connectivity index (χ1) is 7.58. The molecule has 0 aromatic heterocycles. The van der Waals surface area contributed by atoms with Gasteiger partial charge >= 0.3 is 0 Å². The molecule has 1 fully saturated rings. The number of hydrogen-bond acceptors (Lipinski definition) is 3. The SMILES string of the molecule is O[C@@H]1CN(Cc2c(Cl)cccc2Cl)C[C@@H]1O. The Bertz CT molecular complexity index is 356. The van der Waals surface area contributed by atoms with Gasteiger partial charge < -0.3 is 10.2 Å². The zero-order chi connectivity index (χ0) is 11.7. The lowest BCUT2D eigenvalue weighted by atomic mass is 10.2. The molecule has 1 saturated heterocycles. The van der Waals surface area contributed by atoms with Crippen molar-refractivity contribution in [3.63, 3.8) is 0 Å². The fraction of sp³-hybridized carbons (Fsp3) is 0.455. The van der Waals surface area contributed by atoms with Gasteiger partial charge in [0.2, 0.25) is 0 Å². The van der Waals surface area contributed by atoms with Gasteiger partial charge in [-0.1, -0.05) is 29.3 Å². The molecule has 0 amide bonds. The van der Waals surface area contributed by atoms with E-state index >= 15 is 0 Å². The maximum Gasteiger partial charge on any atom is 0.0938 e. The first kappa shape index (κ1) is 12.1. The van der Waals surface area contributed by atoms with Crippen molar-refractivity contribution in [3.8, 4) is 0 Å². The van der Waals surface area contributed by atoms with Gasteiger partial charge in [0.25, 0.3) is 0 Å². The molecule has 0 radical (unpaired) electrons. The number of benzene rings is 1. The third kappa shape index (κ3) is 2.50. The molecular formula is C11H13Cl2NO2. The van der Waals surface area contributed by atoms with Gasteiger partial charge in [0.15, 0.2) is 0 Å². The monoisotopic (exact) mass is 261 g/mol. The van der Waals surface area contributed by atoms with Crippen LogP contribution in [0.5, 0.6) is 0 Å². The van der Waals surface area contributed by atoms with Gasteiger partial charge in [-0.2, -0.15) is 0 Å². The number of halogens is 2. The van der Waals surface area contributed by atoms with E-state index < -0.39 is 12.2 Å². The molecule has 0 unspecified atom stereocenters. The predicted molar refractivity (Wildman–Crippen MR) is 63.8 cm³/mol. The average Bonchev–Trinajstić information content (AvgIpc) is 2.53. The van der Waals surface area contributed by atoms with Crippen molar-refractivity contribution in [2.24, 2.45) is 0 Å². The fourth-order valence-corrected chi connectivity index (χ4v) is 2.40. The van der Waals surface area contributed by atoms with Gasteiger partial charge in [-0.15, -0.1) is 0 Å². The molecule has 1 aliphatic heterocycles. The minimum absolute atomic E-state index is 0.447. The Balaban J connectivity index is 2.10. The van der Waals surface area contributed by atoms with Crippen LogP contribution in [0.2, 0.25) is 10.0 Å². The van der Waals surface area contributed by atoms with Crippen molar-refractivity contribution in [1.82, 2.24) is 4.90 Å². The lowest BCUT2D eigenvalue weighted by Gasteiger charge is -2.16. The zero-order valence-electron chi connectivity index (χ0n) is 8.61. The van der Waals surface area contributed by atoms with Gasteiger partial charge in [-0.05, 0) is 12.1 Å². The summed E-state index contributed by atoms with van der Waals surface area (Å²) >= 11 is 12.1. The van der Waals surface area contributed by atoms with Crippen LogP contribution in [0.3, 0.4) is 0 Å². The molecule has 2 N–H and O–H groups in total. The van der Waals surface area contributed by atoms with E-state index in [1.54, 1.807) is 18.2 Å². The van der Waals surface area contributed by atoms with Crippen LogP contribution in [0.4, 0.5) is 0 Å². The maximum atomic E-state index is 9.43. The first-order valence-electron chi connectivity index (χ1n) is 5.09. The average molecular weight is 262 g/mol. The third-order valence-corrected chi connectivity index (χ3v) is 3.49. The van der Waals surface area contributed by atoms with E-state index in [1.165, 1.54) is 0 Å². The molecule has 2 atom stereocenters. The highest BCUT2D eigenvalue weighted by Crippen LogP contribution is 2.26.